The summed E-state index contributed by atoms with van der Waals surface area (Å²) in [6, 6.07) is 7.74. The van der Waals surface area contributed by atoms with Crippen molar-refractivity contribution in [2.24, 2.45) is 5.41 Å². The van der Waals surface area contributed by atoms with Crippen LogP contribution in [0.15, 0.2) is 27.8 Å². The minimum absolute atomic E-state index is 0.234. The van der Waals surface area contributed by atoms with Crippen molar-refractivity contribution >= 4 is 40.1 Å². The van der Waals surface area contributed by atoms with Crippen molar-refractivity contribution in [1.82, 2.24) is 0 Å². The molecule has 0 spiro atoms. The number of benzene rings is 1. The van der Waals surface area contributed by atoms with Gasteiger partial charge in [0.25, 0.3) is 0 Å². The van der Waals surface area contributed by atoms with E-state index in [1.807, 2.05) is 38.1 Å². The summed E-state index contributed by atoms with van der Waals surface area (Å²) in [6.07, 6.45) is 0.304. The molecule has 1 aliphatic heterocycles. The van der Waals surface area contributed by atoms with Gasteiger partial charge in [-0.15, -0.1) is 0 Å². The first kappa shape index (κ1) is 15.5. The molecule has 1 atom stereocenters. The summed E-state index contributed by atoms with van der Waals surface area (Å²) in [5.74, 6) is -1.03. The van der Waals surface area contributed by atoms with Crippen molar-refractivity contribution < 1.29 is 19.1 Å². The molecule has 0 aromatic heterocycles. The van der Waals surface area contributed by atoms with E-state index in [4.69, 9.17) is 9.47 Å². The lowest BCUT2D eigenvalue weighted by atomic mass is 9.76. The van der Waals surface area contributed by atoms with E-state index in [0.717, 1.165) is 20.3 Å². The van der Waals surface area contributed by atoms with Crippen LogP contribution in [0.25, 0.3) is 5.57 Å². The first-order valence-electron chi connectivity index (χ1n) is 7.24. The third-order valence-electron chi connectivity index (χ3n) is 4.24. The standard InChI is InChI=1S/C17H17IO4/c1-4-21-14(19)17-9-10-7-5-6-8-11(10)12(17)13(18)16(2,3)22-15(17)20/h5-8H,4,9H2,1-3H3/t17-/m0/s1. The number of carbonyl (C=O) groups excluding carboxylic acids is 2. The van der Waals surface area contributed by atoms with Crippen LogP contribution in [0.1, 0.15) is 31.9 Å². The summed E-state index contributed by atoms with van der Waals surface area (Å²) in [7, 11) is 0. The third kappa shape index (κ3) is 1.94. The predicted molar refractivity (Wildman–Crippen MR) is 90.3 cm³/mol. The van der Waals surface area contributed by atoms with Crippen molar-refractivity contribution in [3.63, 3.8) is 0 Å². The van der Waals surface area contributed by atoms with Gasteiger partial charge in [-0.3, -0.25) is 9.59 Å². The van der Waals surface area contributed by atoms with Crippen LogP contribution in [-0.2, 0) is 25.5 Å². The molecule has 2 aliphatic rings. The SMILES string of the molecule is CCOC(=O)[C@]12Cc3ccccc3C1=C(I)C(C)(C)OC2=O. The van der Waals surface area contributed by atoms with Crippen molar-refractivity contribution in [2.75, 3.05) is 6.61 Å². The lowest BCUT2D eigenvalue weighted by Crippen LogP contribution is -2.50. The third-order valence-corrected chi connectivity index (χ3v) is 6.08. The van der Waals surface area contributed by atoms with E-state index in [1.54, 1.807) is 6.92 Å². The maximum absolute atomic E-state index is 12.8. The smallest absolute Gasteiger partial charge is 0.329 e. The molecule has 4 nitrogen and oxygen atoms in total. The quantitative estimate of drug-likeness (QED) is 0.425. The molecule has 22 heavy (non-hydrogen) atoms. The van der Waals surface area contributed by atoms with E-state index in [-0.39, 0.29) is 6.61 Å². The van der Waals surface area contributed by atoms with E-state index in [9.17, 15) is 9.59 Å². The average Bonchev–Trinajstić information content (AvgIpc) is 2.81. The minimum Gasteiger partial charge on any atom is -0.465 e. The molecule has 0 amide bonds. The molecule has 1 aromatic rings. The number of hydrogen-bond acceptors (Lipinski definition) is 4. The van der Waals surface area contributed by atoms with Gasteiger partial charge in [-0.05, 0) is 54.5 Å². The maximum Gasteiger partial charge on any atom is 0.329 e. The zero-order valence-corrected chi connectivity index (χ0v) is 14.9. The fourth-order valence-electron chi connectivity index (χ4n) is 3.18. The van der Waals surface area contributed by atoms with Gasteiger partial charge in [-0.2, -0.15) is 0 Å². The number of fused-ring (bicyclic) bond motifs is 3. The fourth-order valence-corrected chi connectivity index (χ4v) is 4.04. The second-order valence-electron chi connectivity index (χ2n) is 6.05. The Balaban J connectivity index is 2.31. The molecule has 3 rings (SSSR count). The van der Waals surface area contributed by atoms with E-state index >= 15 is 0 Å². The normalized spacial score (nSPS) is 25.4. The number of carbonyl (C=O) groups is 2. The number of rotatable bonds is 2. The minimum atomic E-state index is -1.36. The van der Waals surface area contributed by atoms with Crippen molar-refractivity contribution in [3.05, 3.63) is 39.0 Å². The predicted octanol–water partition coefficient (Wildman–Crippen LogP) is 3.27. The Morgan fingerprint density at radius 1 is 1.36 bits per heavy atom. The van der Waals surface area contributed by atoms with Gasteiger partial charge in [0, 0.05) is 15.6 Å². The largest absolute Gasteiger partial charge is 0.465 e. The summed E-state index contributed by atoms with van der Waals surface area (Å²) in [5, 5.41) is 0. The van der Waals surface area contributed by atoms with Crippen LogP contribution in [0.4, 0.5) is 0 Å². The Kier molecular flexibility index (Phi) is 3.58. The van der Waals surface area contributed by atoms with Crippen LogP contribution in [-0.4, -0.2) is 24.1 Å². The fraction of sp³-hybridized carbons (Fsp3) is 0.412. The molecule has 5 heteroatoms. The van der Waals surface area contributed by atoms with Gasteiger partial charge in [-0.1, -0.05) is 24.3 Å². The molecule has 0 N–H and O–H groups in total. The number of cyclic esters (lactones) is 1. The monoisotopic (exact) mass is 412 g/mol. The highest BCUT2D eigenvalue weighted by Crippen LogP contribution is 2.56. The van der Waals surface area contributed by atoms with E-state index in [1.165, 1.54) is 0 Å². The van der Waals surface area contributed by atoms with Gasteiger partial charge in [0.05, 0.1) is 6.61 Å². The average molecular weight is 412 g/mol. The number of hydrogen-bond donors (Lipinski definition) is 0. The molecular formula is C17H17IO4. The molecule has 1 aromatic carbocycles. The zero-order chi connectivity index (χ0) is 16.1. The highest BCUT2D eigenvalue weighted by Gasteiger charge is 2.62. The van der Waals surface area contributed by atoms with Gasteiger partial charge in [0.2, 0.25) is 0 Å². The van der Waals surface area contributed by atoms with Crippen molar-refractivity contribution in [2.45, 2.75) is 32.8 Å². The molecule has 0 unspecified atom stereocenters. The summed E-state index contributed by atoms with van der Waals surface area (Å²) in [6.45, 7) is 5.66. The summed E-state index contributed by atoms with van der Waals surface area (Å²) >= 11 is 2.19. The van der Waals surface area contributed by atoms with Gasteiger partial charge in [0.1, 0.15) is 5.60 Å². The van der Waals surface area contributed by atoms with Crippen molar-refractivity contribution in [1.29, 1.82) is 0 Å². The Morgan fingerprint density at radius 2 is 2.05 bits per heavy atom. The van der Waals surface area contributed by atoms with Crippen LogP contribution in [0.3, 0.4) is 0 Å². The Labute approximate surface area is 143 Å². The zero-order valence-electron chi connectivity index (χ0n) is 12.7. The Morgan fingerprint density at radius 3 is 2.73 bits per heavy atom. The summed E-state index contributed by atoms with van der Waals surface area (Å²) < 4.78 is 11.7. The van der Waals surface area contributed by atoms with Crippen molar-refractivity contribution in [3.8, 4) is 0 Å². The highest BCUT2D eigenvalue weighted by molar-refractivity contribution is 14.1. The van der Waals surface area contributed by atoms with Crippen LogP contribution < -0.4 is 0 Å². The Bertz CT molecular complexity index is 704. The second-order valence-corrected chi connectivity index (χ2v) is 7.13. The van der Waals surface area contributed by atoms with Gasteiger partial charge < -0.3 is 9.47 Å². The molecule has 0 radical (unpaired) electrons. The maximum atomic E-state index is 12.8. The topological polar surface area (TPSA) is 52.6 Å². The molecule has 1 heterocycles. The molecule has 0 fully saturated rings. The molecular weight excluding hydrogens is 395 g/mol. The molecule has 0 bridgehead atoms. The highest BCUT2D eigenvalue weighted by atomic mass is 127. The van der Waals surface area contributed by atoms with E-state index in [2.05, 4.69) is 22.6 Å². The van der Waals surface area contributed by atoms with Crippen LogP contribution in [0.5, 0.6) is 0 Å². The molecule has 0 saturated carbocycles. The number of halogens is 1. The first-order chi connectivity index (χ1) is 10.3. The lowest BCUT2D eigenvalue weighted by Gasteiger charge is -2.39. The molecule has 0 saturated heterocycles. The van der Waals surface area contributed by atoms with Crippen LogP contribution in [0, 0.1) is 5.41 Å². The molecule has 1 aliphatic carbocycles. The van der Waals surface area contributed by atoms with E-state index in [0.29, 0.717) is 6.42 Å². The summed E-state index contributed by atoms with van der Waals surface area (Å²) in [5.41, 5.74) is 0.592. The second kappa shape index (κ2) is 5.08. The number of ether oxygens (including phenoxy) is 2. The van der Waals surface area contributed by atoms with Gasteiger partial charge in [-0.25, -0.2) is 0 Å². The molecule has 116 valence electrons. The summed E-state index contributed by atoms with van der Waals surface area (Å²) in [4.78, 5) is 25.5. The first-order valence-corrected chi connectivity index (χ1v) is 8.32. The Hall–Kier alpha value is -1.37. The van der Waals surface area contributed by atoms with Crippen LogP contribution >= 0.6 is 22.6 Å². The van der Waals surface area contributed by atoms with Crippen LogP contribution in [0.2, 0.25) is 0 Å². The van der Waals surface area contributed by atoms with E-state index < -0.39 is 23.0 Å². The van der Waals surface area contributed by atoms with Gasteiger partial charge in [0.15, 0.2) is 5.41 Å². The lowest BCUT2D eigenvalue weighted by molar-refractivity contribution is -0.174. The van der Waals surface area contributed by atoms with Gasteiger partial charge >= 0.3 is 11.9 Å². The number of esters is 2.